The molecule has 1 atom stereocenters. The predicted octanol–water partition coefficient (Wildman–Crippen LogP) is 5.18. The molecule has 0 heterocycles. The molecule has 3 rings (SSSR count). The van der Waals surface area contributed by atoms with Gasteiger partial charge in [0, 0.05) is 11.0 Å². The molecule has 5 heteroatoms. The van der Waals surface area contributed by atoms with Gasteiger partial charge in [0.15, 0.2) is 0 Å². The fourth-order valence-corrected chi connectivity index (χ4v) is 3.69. The first-order valence-electron chi connectivity index (χ1n) is 8.51. The third kappa shape index (κ3) is 4.83. The lowest BCUT2D eigenvalue weighted by atomic mass is 10.1. The van der Waals surface area contributed by atoms with E-state index in [1.165, 1.54) is 11.8 Å². The Kier molecular flexibility index (Phi) is 6.39. The topological polar surface area (TPSA) is 47.6 Å². The number of rotatable bonds is 7. The van der Waals surface area contributed by atoms with E-state index in [9.17, 15) is 4.79 Å². The van der Waals surface area contributed by atoms with Gasteiger partial charge in [-0.3, -0.25) is 4.79 Å². The molecule has 0 fully saturated rings. The summed E-state index contributed by atoms with van der Waals surface area (Å²) in [5, 5.41) is 2.59. The van der Waals surface area contributed by atoms with E-state index in [0.29, 0.717) is 17.2 Å². The van der Waals surface area contributed by atoms with Gasteiger partial charge in [0.05, 0.1) is 19.9 Å². The summed E-state index contributed by atoms with van der Waals surface area (Å²) in [5.41, 5.74) is 1.52. The summed E-state index contributed by atoms with van der Waals surface area (Å²) in [6.45, 7) is 0. The quantitative estimate of drug-likeness (QED) is 0.575. The smallest absolute Gasteiger partial charge is 0.242 e. The second-order valence-corrected chi connectivity index (χ2v) is 6.96. The van der Waals surface area contributed by atoms with Crippen LogP contribution in [-0.4, -0.2) is 20.1 Å². The van der Waals surface area contributed by atoms with Gasteiger partial charge in [-0.15, -0.1) is 11.8 Å². The molecule has 0 spiro atoms. The maximum atomic E-state index is 13.2. The molecule has 1 amide bonds. The summed E-state index contributed by atoms with van der Waals surface area (Å²) in [6.07, 6.45) is 0. The Labute approximate surface area is 163 Å². The van der Waals surface area contributed by atoms with Crippen molar-refractivity contribution < 1.29 is 14.3 Å². The number of carbonyl (C=O) groups is 1. The molecule has 27 heavy (non-hydrogen) atoms. The van der Waals surface area contributed by atoms with Crippen LogP contribution in [0, 0.1) is 0 Å². The number of nitrogens with one attached hydrogen (secondary N) is 1. The number of anilines is 1. The van der Waals surface area contributed by atoms with Gasteiger partial charge in [0.25, 0.3) is 0 Å². The van der Waals surface area contributed by atoms with Crippen molar-refractivity contribution in [3.8, 4) is 11.5 Å². The Morgan fingerprint density at radius 3 is 2.19 bits per heavy atom. The number of thioether (sulfide) groups is 1. The Bertz CT molecular complexity index is 885. The lowest BCUT2D eigenvalue weighted by Crippen LogP contribution is -2.19. The highest BCUT2D eigenvalue weighted by Crippen LogP contribution is 2.37. The summed E-state index contributed by atoms with van der Waals surface area (Å²) < 4.78 is 10.6. The normalized spacial score (nSPS) is 11.5. The molecule has 0 aliphatic rings. The lowest BCUT2D eigenvalue weighted by molar-refractivity contribution is -0.115. The number of benzene rings is 3. The summed E-state index contributed by atoms with van der Waals surface area (Å²) in [5.74, 6) is 1.11. The van der Waals surface area contributed by atoms with Crippen molar-refractivity contribution in [3.05, 3.63) is 84.4 Å². The van der Waals surface area contributed by atoms with Crippen molar-refractivity contribution in [3.63, 3.8) is 0 Å². The van der Waals surface area contributed by atoms with Gasteiger partial charge in [0.2, 0.25) is 5.91 Å². The highest BCUT2D eigenvalue weighted by molar-refractivity contribution is 8.00. The highest BCUT2D eigenvalue weighted by atomic mass is 32.2. The fraction of sp³-hybridized carbons (Fsp3) is 0.136. The van der Waals surface area contributed by atoms with Crippen molar-refractivity contribution in [2.75, 3.05) is 19.5 Å². The molecule has 3 aromatic rings. The van der Waals surface area contributed by atoms with Crippen molar-refractivity contribution in [2.45, 2.75) is 10.1 Å². The molecule has 0 radical (unpaired) electrons. The van der Waals surface area contributed by atoms with Crippen molar-refractivity contribution >= 4 is 23.4 Å². The van der Waals surface area contributed by atoms with Gasteiger partial charge in [-0.2, -0.15) is 0 Å². The molecule has 0 unspecified atom stereocenters. The molecule has 0 bridgehead atoms. The number of ether oxygens (including phenoxy) is 2. The van der Waals surface area contributed by atoms with Crippen molar-refractivity contribution in [2.24, 2.45) is 0 Å². The van der Waals surface area contributed by atoms with Crippen LogP contribution in [0.25, 0.3) is 0 Å². The van der Waals surface area contributed by atoms with Gasteiger partial charge < -0.3 is 14.8 Å². The SMILES string of the molecule is COc1ccc(OC)c(NC(=O)[C@@H](Sc2ccccc2)c2ccccc2)c1. The lowest BCUT2D eigenvalue weighted by Gasteiger charge is -2.18. The Hall–Kier alpha value is -2.92. The Morgan fingerprint density at radius 1 is 0.889 bits per heavy atom. The molecule has 0 aromatic heterocycles. The largest absolute Gasteiger partial charge is 0.497 e. The van der Waals surface area contributed by atoms with Crippen LogP contribution < -0.4 is 14.8 Å². The van der Waals surface area contributed by atoms with Crippen LogP contribution in [0.2, 0.25) is 0 Å². The van der Waals surface area contributed by atoms with E-state index in [1.54, 1.807) is 32.4 Å². The van der Waals surface area contributed by atoms with E-state index in [2.05, 4.69) is 5.32 Å². The van der Waals surface area contributed by atoms with Crippen LogP contribution in [0.3, 0.4) is 0 Å². The highest BCUT2D eigenvalue weighted by Gasteiger charge is 2.23. The van der Waals surface area contributed by atoms with Crippen molar-refractivity contribution in [1.82, 2.24) is 0 Å². The van der Waals surface area contributed by atoms with Gasteiger partial charge in [-0.1, -0.05) is 48.5 Å². The molecular weight excluding hydrogens is 358 g/mol. The standard InChI is InChI=1S/C22H21NO3S/c1-25-17-13-14-20(26-2)19(15-17)23-22(24)21(16-9-5-3-6-10-16)27-18-11-7-4-8-12-18/h3-15,21H,1-2H3,(H,23,24)/t21-/m0/s1. The van der Waals surface area contributed by atoms with E-state index in [0.717, 1.165) is 10.5 Å². The molecule has 0 aliphatic carbocycles. The second kappa shape index (κ2) is 9.14. The number of methoxy groups -OCH3 is 2. The van der Waals surface area contributed by atoms with Crippen LogP contribution in [0.15, 0.2) is 83.8 Å². The first-order valence-corrected chi connectivity index (χ1v) is 9.39. The average Bonchev–Trinajstić information content (AvgIpc) is 2.73. The first-order chi connectivity index (χ1) is 13.2. The zero-order valence-electron chi connectivity index (χ0n) is 15.2. The van der Waals surface area contributed by atoms with Crippen LogP contribution in [0.5, 0.6) is 11.5 Å². The van der Waals surface area contributed by atoms with Gasteiger partial charge in [0.1, 0.15) is 16.7 Å². The minimum atomic E-state index is -0.399. The minimum Gasteiger partial charge on any atom is -0.497 e. The second-order valence-electron chi connectivity index (χ2n) is 5.78. The third-order valence-electron chi connectivity index (χ3n) is 4.00. The van der Waals surface area contributed by atoms with E-state index >= 15 is 0 Å². The minimum absolute atomic E-state index is 0.124. The predicted molar refractivity (Wildman–Crippen MR) is 110 cm³/mol. The monoisotopic (exact) mass is 379 g/mol. The number of carbonyl (C=O) groups excluding carboxylic acids is 1. The van der Waals surface area contributed by atoms with Gasteiger partial charge in [-0.05, 0) is 29.8 Å². The summed E-state index contributed by atoms with van der Waals surface area (Å²) in [7, 11) is 3.16. The maximum absolute atomic E-state index is 13.2. The van der Waals surface area contributed by atoms with Crippen LogP contribution in [0.4, 0.5) is 5.69 Å². The molecule has 1 N–H and O–H groups in total. The van der Waals surface area contributed by atoms with Gasteiger partial charge >= 0.3 is 0 Å². The van der Waals surface area contributed by atoms with Crippen LogP contribution >= 0.6 is 11.8 Å². The van der Waals surface area contributed by atoms with E-state index in [-0.39, 0.29) is 5.91 Å². The number of hydrogen-bond donors (Lipinski definition) is 1. The molecule has 138 valence electrons. The zero-order valence-corrected chi connectivity index (χ0v) is 16.0. The maximum Gasteiger partial charge on any atom is 0.242 e. The fourth-order valence-electron chi connectivity index (χ4n) is 2.65. The van der Waals surface area contributed by atoms with Crippen LogP contribution in [0.1, 0.15) is 10.8 Å². The zero-order chi connectivity index (χ0) is 19.1. The number of hydrogen-bond acceptors (Lipinski definition) is 4. The molecule has 4 nitrogen and oxygen atoms in total. The Morgan fingerprint density at radius 2 is 1.56 bits per heavy atom. The van der Waals surface area contributed by atoms with E-state index < -0.39 is 5.25 Å². The first kappa shape index (κ1) is 18.9. The van der Waals surface area contributed by atoms with E-state index in [4.69, 9.17) is 9.47 Å². The molecule has 0 aliphatic heterocycles. The van der Waals surface area contributed by atoms with Crippen LogP contribution in [-0.2, 0) is 4.79 Å². The van der Waals surface area contributed by atoms with Gasteiger partial charge in [-0.25, -0.2) is 0 Å². The Balaban J connectivity index is 1.89. The van der Waals surface area contributed by atoms with E-state index in [1.807, 2.05) is 60.7 Å². The summed E-state index contributed by atoms with van der Waals surface area (Å²) >= 11 is 1.51. The number of amides is 1. The summed E-state index contributed by atoms with van der Waals surface area (Å²) in [4.78, 5) is 14.2. The van der Waals surface area contributed by atoms with Crippen molar-refractivity contribution in [1.29, 1.82) is 0 Å². The molecule has 3 aromatic carbocycles. The average molecular weight is 379 g/mol. The molecular formula is C22H21NO3S. The molecule has 0 saturated carbocycles. The molecule has 0 saturated heterocycles. The summed E-state index contributed by atoms with van der Waals surface area (Å²) in [6, 6.07) is 25.0. The third-order valence-corrected chi connectivity index (χ3v) is 5.27.